The van der Waals surface area contributed by atoms with E-state index in [2.05, 4.69) is 64.9 Å². The van der Waals surface area contributed by atoms with Crippen molar-refractivity contribution in [2.24, 2.45) is 5.41 Å². The first-order valence-corrected chi connectivity index (χ1v) is 13.0. The molecule has 0 radical (unpaired) electrons. The maximum absolute atomic E-state index is 10.1. The Morgan fingerprint density at radius 2 is 1.85 bits per heavy atom. The number of anilines is 2. The van der Waals surface area contributed by atoms with Crippen LogP contribution in [0.15, 0.2) is 48.8 Å². The molecule has 0 spiro atoms. The molecule has 4 aromatic rings. The summed E-state index contributed by atoms with van der Waals surface area (Å²) in [7, 11) is 0. The molecule has 2 aromatic heterocycles. The van der Waals surface area contributed by atoms with Crippen LogP contribution in [0, 0.1) is 39.4 Å². The summed E-state index contributed by atoms with van der Waals surface area (Å²) >= 11 is 0. The van der Waals surface area contributed by atoms with Gasteiger partial charge in [-0.25, -0.2) is 4.68 Å². The Kier molecular flexibility index (Phi) is 6.85. The van der Waals surface area contributed by atoms with Gasteiger partial charge in [0.1, 0.15) is 17.8 Å². The molecule has 10 heteroatoms. The third kappa shape index (κ3) is 5.03. The molecule has 1 aliphatic rings. The van der Waals surface area contributed by atoms with Crippen molar-refractivity contribution in [1.82, 2.24) is 20.0 Å². The van der Waals surface area contributed by atoms with Gasteiger partial charge in [0.05, 0.1) is 47.2 Å². The number of benzene rings is 2. The highest BCUT2D eigenvalue weighted by Crippen LogP contribution is 2.43. The molecule has 1 fully saturated rings. The number of aliphatic hydroxyl groups is 1. The lowest BCUT2D eigenvalue weighted by atomic mass is 9.96. The third-order valence-electron chi connectivity index (χ3n) is 7.03. The van der Waals surface area contributed by atoms with E-state index in [-0.39, 0.29) is 12.0 Å². The van der Waals surface area contributed by atoms with Gasteiger partial charge in [-0.1, -0.05) is 50.3 Å². The van der Waals surface area contributed by atoms with Gasteiger partial charge in [0, 0.05) is 23.8 Å². The van der Waals surface area contributed by atoms with E-state index in [1.807, 2.05) is 30.3 Å². The summed E-state index contributed by atoms with van der Waals surface area (Å²) in [4.78, 5) is 4.44. The lowest BCUT2D eigenvalue weighted by Gasteiger charge is -2.23. The zero-order valence-electron chi connectivity index (χ0n) is 22.6. The quantitative estimate of drug-likeness (QED) is 0.292. The predicted octanol–water partition coefficient (Wildman–Crippen LogP) is 4.73. The van der Waals surface area contributed by atoms with E-state index in [0.717, 1.165) is 5.56 Å². The molecule has 1 atom stereocenters. The number of aliphatic hydroxyl groups excluding tert-OH is 1. The number of nitrogens with zero attached hydrogens (tertiary/aromatic N) is 7. The van der Waals surface area contributed by atoms with Crippen LogP contribution >= 0.6 is 0 Å². The van der Waals surface area contributed by atoms with Gasteiger partial charge < -0.3 is 15.7 Å². The van der Waals surface area contributed by atoms with Crippen LogP contribution in [0.25, 0.3) is 10.9 Å². The first-order chi connectivity index (χ1) is 19.2. The number of rotatable bonds is 8. The van der Waals surface area contributed by atoms with Gasteiger partial charge in [-0.15, -0.1) is 5.10 Å². The second-order valence-corrected chi connectivity index (χ2v) is 11.3. The molecule has 1 saturated carbocycles. The highest BCUT2D eigenvalue weighted by molar-refractivity contribution is 5.99. The largest absolute Gasteiger partial charge is 0.392 e. The molecular weight excluding hydrogens is 502 g/mol. The molecule has 0 bridgehead atoms. The minimum atomic E-state index is -0.670. The van der Waals surface area contributed by atoms with Gasteiger partial charge in [0.25, 0.3) is 0 Å². The molecular formula is C30H29N9O. The number of nitriles is 3. The SMILES string of the molecule is CC(C)(C)CNc1c(C#N)cnc2c(C#N)cc(N[C@H](c3cn(C4(C#N)CC4)nn3)c3ccccc3CO)cc12. The van der Waals surface area contributed by atoms with Crippen LogP contribution in [-0.2, 0) is 12.1 Å². The molecule has 0 saturated heterocycles. The Hall–Kier alpha value is -4.98. The van der Waals surface area contributed by atoms with Crippen molar-refractivity contribution in [3.63, 3.8) is 0 Å². The smallest absolute Gasteiger partial charge is 0.150 e. The lowest BCUT2D eigenvalue weighted by Crippen LogP contribution is -2.20. The summed E-state index contributed by atoms with van der Waals surface area (Å²) in [6.45, 7) is 6.71. The Bertz CT molecular complexity index is 1710. The van der Waals surface area contributed by atoms with Crippen molar-refractivity contribution in [1.29, 1.82) is 15.8 Å². The van der Waals surface area contributed by atoms with Crippen molar-refractivity contribution >= 4 is 22.3 Å². The Balaban J connectivity index is 1.64. The minimum absolute atomic E-state index is 0.0521. The summed E-state index contributed by atoms with van der Waals surface area (Å²) in [5.41, 5.74) is 3.78. The Labute approximate surface area is 232 Å². The van der Waals surface area contributed by atoms with Crippen LogP contribution in [-0.4, -0.2) is 31.6 Å². The number of aromatic nitrogens is 4. The van der Waals surface area contributed by atoms with Gasteiger partial charge in [-0.3, -0.25) is 4.98 Å². The lowest BCUT2D eigenvalue weighted by molar-refractivity contribution is 0.280. The molecule has 0 amide bonds. The van der Waals surface area contributed by atoms with Gasteiger partial charge in [-0.05, 0) is 41.5 Å². The molecule has 3 N–H and O–H groups in total. The molecule has 0 unspecified atom stereocenters. The molecule has 0 aliphatic heterocycles. The zero-order valence-corrected chi connectivity index (χ0v) is 22.6. The van der Waals surface area contributed by atoms with Crippen molar-refractivity contribution in [3.8, 4) is 18.2 Å². The Morgan fingerprint density at radius 3 is 2.50 bits per heavy atom. The average Bonchev–Trinajstić information content (AvgIpc) is 3.61. The monoisotopic (exact) mass is 531 g/mol. The number of pyridine rings is 1. The van der Waals surface area contributed by atoms with E-state index < -0.39 is 11.6 Å². The highest BCUT2D eigenvalue weighted by atomic mass is 16.3. The van der Waals surface area contributed by atoms with Crippen LogP contribution < -0.4 is 10.6 Å². The van der Waals surface area contributed by atoms with E-state index in [1.165, 1.54) is 6.20 Å². The van der Waals surface area contributed by atoms with Crippen molar-refractivity contribution < 1.29 is 5.11 Å². The first kappa shape index (κ1) is 26.6. The molecule has 40 heavy (non-hydrogen) atoms. The Morgan fingerprint density at radius 1 is 1.10 bits per heavy atom. The highest BCUT2D eigenvalue weighted by Gasteiger charge is 2.47. The first-order valence-electron chi connectivity index (χ1n) is 13.0. The fraction of sp³-hybridized carbons (Fsp3) is 0.333. The number of nitrogens with one attached hydrogen (secondary N) is 2. The topological polar surface area (TPSA) is 159 Å². The summed E-state index contributed by atoms with van der Waals surface area (Å²) in [6, 6.07) is 17.3. The number of hydrogen-bond donors (Lipinski definition) is 3. The second kappa shape index (κ2) is 10.3. The summed E-state index contributed by atoms with van der Waals surface area (Å²) in [5, 5.41) is 55.8. The maximum atomic E-state index is 10.1. The molecule has 200 valence electrons. The van der Waals surface area contributed by atoms with Crippen molar-refractivity contribution in [2.75, 3.05) is 17.2 Å². The van der Waals surface area contributed by atoms with E-state index in [4.69, 9.17) is 0 Å². The normalized spacial score (nSPS) is 14.5. The minimum Gasteiger partial charge on any atom is -0.392 e. The second-order valence-electron chi connectivity index (χ2n) is 11.3. The van der Waals surface area contributed by atoms with E-state index >= 15 is 0 Å². The van der Waals surface area contributed by atoms with E-state index in [0.29, 0.717) is 64.0 Å². The predicted molar refractivity (Wildman–Crippen MR) is 150 cm³/mol. The zero-order chi connectivity index (χ0) is 28.5. The van der Waals surface area contributed by atoms with Gasteiger partial charge in [0.2, 0.25) is 0 Å². The fourth-order valence-electron chi connectivity index (χ4n) is 4.67. The van der Waals surface area contributed by atoms with E-state index in [1.54, 1.807) is 16.9 Å². The van der Waals surface area contributed by atoms with Gasteiger partial charge in [-0.2, -0.15) is 15.8 Å². The number of hydrogen-bond acceptors (Lipinski definition) is 9. The average molecular weight is 532 g/mol. The molecule has 5 rings (SSSR count). The van der Waals surface area contributed by atoms with Crippen LogP contribution in [0.3, 0.4) is 0 Å². The van der Waals surface area contributed by atoms with Crippen LogP contribution in [0.4, 0.5) is 11.4 Å². The molecule has 1 aliphatic carbocycles. The van der Waals surface area contributed by atoms with E-state index in [9.17, 15) is 20.9 Å². The standard InChI is InChI=1S/C30H29N9O/c1-29(2,3)18-35-27-21(13-32)14-34-26-20(12-31)10-22(11-24(26)27)36-28(23-7-5-4-6-19(23)16-40)25-15-39(38-37-25)30(17-33)8-9-30/h4-7,10-11,14-15,28,36,40H,8-9,16,18H2,1-3H3,(H,34,35)/t28-/m0/s1. The molecule has 10 nitrogen and oxygen atoms in total. The maximum Gasteiger partial charge on any atom is 0.150 e. The van der Waals surface area contributed by atoms with Gasteiger partial charge >= 0.3 is 0 Å². The van der Waals surface area contributed by atoms with Crippen LogP contribution in [0.1, 0.15) is 67.6 Å². The fourth-order valence-corrected chi connectivity index (χ4v) is 4.67. The summed E-state index contributed by atoms with van der Waals surface area (Å²) in [6.07, 6.45) is 4.68. The number of fused-ring (bicyclic) bond motifs is 1. The van der Waals surface area contributed by atoms with Gasteiger partial charge in [0.15, 0.2) is 5.54 Å². The van der Waals surface area contributed by atoms with Crippen molar-refractivity contribution in [3.05, 3.63) is 76.7 Å². The van der Waals surface area contributed by atoms with Crippen molar-refractivity contribution in [2.45, 2.75) is 51.8 Å². The van der Waals surface area contributed by atoms with Crippen LogP contribution in [0.5, 0.6) is 0 Å². The summed E-state index contributed by atoms with van der Waals surface area (Å²) in [5.74, 6) is 0. The third-order valence-corrected chi connectivity index (χ3v) is 7.03. The summed E-state index contributed by atoms with van der Waals surface area (Å²) < 4.78 is 1.61. The molecule has 2 heterocycles. The van der Waals surface area contributed by atoms with Crippen LogP contribution in [0.2, 0.25) is 0 Å². The molecule has 2 aromatic carbocycles.